The number of rotatable bonds is 9. The molecule has 0 aliphatic heterocycles. The summed E-state index contributed by atoms with van der Waals surface area (Å²) < 4.78 is 0. The van der Waals surface area contributed by atoms with E-state index in [1.807, 2.05) is 41.5 Å². The van der Waals surface area contributed by atoms with Gasteiger partial charge in [0.25, 0.3) is 0 Å². The summed E-state index contributed by atoms with van der Waals surface area (Å²) in [6, 6.07) is 4.33. The van der Waals surface area contributed by atoms with E-state index in [9.17, 15) is 0 Å². The van der Waals surface area contributed by atoms with Crippen LogP contribution in [0.25, 0.3) is 0 Å². The topological polar surface area (TPSA) is 9.72 Å². The minimum Gasteiger partial charge on any atom is -0.301 e. The smallest absolute Gasteiger partial charge is 0.0280 e. The van der Waals surface area contributed by atoms with Crippen LogP contribution >= 0.6 is 0 Å². The maximum Gasteiger partial charge on any atom is 0.0280 e. The molecular weight excluding hydrogens is 583 g/mol. The fourth-order valence-corrected chi connectivity index (χ4v) is 6.87. The highest BCUT2D eigenvalue weighted by Crippen LogP contribution is 2.33. The Labute approximate surface area is 307 Å². The van der Waals surface area contributed by atoms with Crippen LogP contribution in [-0.4, -0.2) is 72.1 Å². The third kappa shape index (κ3) is 20.9. The third-order valence-electron chi connectivity index (χ3n) is 11.0. The van der Waals surface area contributed by atoms with Gasteiger partial charge in [0, 0.05) is 36.3 Å². The zero-order chi connectivity index (χ0) is 38.1. The van der Waals surface area contributed by atoms with Gasteiger partial charge in [-0.2, -0.15) is 0 Å². The molecule has 3 rings (SSSR count). The standard InChI is InChI=1S/C13H27N.2C13H25N.3C2H6/c3*1-10(2)12-7-6-8-13(9-12)14(5)11(3)4;3*1-2/h10-13H,6-9H2,1-5H3;9-11,13H,6-8H2,1-5H3;7,10-11,13H,6,8-9H2,1-5H3;3*1-2H3. The van der Waals surface area contributed by atoms with Crippen LogP contribution in [0, 0.1) is 23.7 Å². The Bertz CT molecular complexity index is 769. The Balaban J connectivity index is -0.000000585. The summed E-state index contributed by atoms with van der Waals surface area (Å²) in [5, 5.41) is 0. The lowest BCUT2D eigenvalue weighted by Crippen LogP contribution is -2.40. The Hall–Kier alpha value is -0.640. The minimum absolute atomic E-state index is 0.655. The Morgan fingerprint density at radius 2 is 1.02 bits per heavy atom. The van der Waals surface area contributed by atoms with Gasteiger partial charge in [0.1, 0.15) is 0 Å². The third-order valence-corrected chi connectivity index (χ3v) is 11.0. The highest BCUT2D eigenvalue weighted by molar-refractivity contribution is 5.13. The molecule has 0 aromatic carbocycles. The molecule has 48 heavy (non-hydrogen) atoms. The molecule has 0 saturated heterocycles. The SMILES string of the molecule is CC.CC.CC.CC(C)C1=CC(N(C)C(C)C)CCC1.CC(C)C1=CCCC(N(C)C(C)C)C1.CC(C)C1CCCC(N(C)C(C)C)C1. The molecule has 0 amide bonds. The molecule has 0 aromatic rings. The molecule has 4 unspecified atom stereocenters. The summed E-state index contributed by atoms with van der Waals surface area (Å²) in [5.74, 6) is 3.31. The van der Waals surface area contributed by atoms with Gasteiger partial charge in [-0.1, -0.05) is 119 Å². The first-order valence-electron chi connectivity index (χ1n) is 21.1. The monoisotopic (exact) mass is 678 g/mol. The Morgan fingerprint density at radius 3 is 1.46 bits per heavy atom. The van der Waals surface area contributed by atoms with Gasteiger partial charge in [-0.25, -0.2) is 0 Å². The van der Waals surface area contributed by atoms with Crippen molar-refractivity contribution in [2.45, 2.75) is 225 Å². The van der Waals surface area contributed by atoms with E-state index >= 15 is 0 Å². The van der Waals surface area contributed by atoms with Gasteiger partial charge in [0.05, 0.1) is 0 Å². The van der Waals surface area contributed by atoms with Crippen LogP contribution in [0.4, 0.5) is 0 Å². The first-order valence-corrected chi connectivity index (χ1v) is 21.1. The number of hydrogen-bond donors (Lipinski definition) is 0. The van der Waals surface area contributed by atoms with Gasteiger partial charge in [-0.3, -0.25) is 4.90 Å². The van der Waals surface area contributed by atoms with E-state index in [0.717, 1.165) is 35.8 Å². The van der Waals surface area contributed by atoms with Crippen LogP contribution in [0.5, 0.6) is 0 Å². The normalized spacial score (nSPS) is 22.5. The van der Waals surface area contributed by atoms with Gasteiger partial charge in [0.15, 0.2) is 0 Å². The molecule has 1 fully saturated rings. The minimum atomic E-state index is 0.655. The van der Waals surface area contributed by atoms with Gasteiger partial charge < -0.3 is 9.80 Å². The summed E-state index contributed by atoms with van der Waals surface area (Å²) in [6.45, 7) is 39.7. The number of nitrogens with zero attached hydrogens (tertiary/aromatic N) is 3. The second kappa shape index (κ2) is 30.0. The molecular formula is C45H95N3. The number of allylic oxidation sites excluding steroid dienone is 2. The van der Waals surface area contributed by atoms with Gasteiger partial charge in [0.2, 0.25) is 0 Å². The summed E-state index contributed by atoms with van der Waals surface area (Å²) in [4.78, 5) is 7.57. The molecule has 0 bridgehead atoms. The molecule has 0 heterocycles. The molecule has 290 valence electrons. The predicted molar refractivity (Wildman–Crippen MR) is 224 cm³/mol. The average Bonchev–Trinajstić information content (AvgIpc) is 3.10. The highest BCUT2D eigenvalue weighted by Gasteiger charge is 2.27. The highest BCUT2D eigenvalue weighted by atomic mass is 15.2. The Morgan fingerprint density at radius 1 is 0.542 bits per heavy atom. The lowest BCUT2D eigenvalue weighted by molar-refractivity contribution is 0.113. The quantitative estimate of drug-likeness (QED) is 0.225. The van der Waals surface area contributed by atoms with Crippen molar-refractivity contribution in [3.05, 3.63) is 23.3 Å². The largest absolute Gasteiger partial charge is 0.301 e. The first kappa shape index (κ1) is 51.7. The van der Waals surface area contributed by atoms with Crippen LogP contribution in [0.1, 0.15) is 189 Å². The maximum atomic E-state index is 2.56. The zero-order valence-corrected chi connectivity index (χ0v) is 37.3. The van der Waals surface area contributed by atoms with E-state index in [2.05, 4.69) is 131 Å². The molecule has 3 aliphatic rings. The maximum absolute atomic E-state index is 2.56. The van der Waals surface area contributed by atoms with E-state index in [1.54, 1.807) is 11.1 Å². The molecule has 0 aromatic heterocycles. The summed E-state index contributed by atoms with van der Waals surface area (Å²) >= 11 is 0. The van der Waals surface area contributed by atoms with Crippen LogP contribution < -0.4 is 0 Å². The average molecular weight is 678 g/mol. The molecule has 0 N–H and O–H groups in total. The molecule has 1 saturated carbocycles. The predicted octanol–water partition coefficient (Wildman–Crippen LogP) is 13.5. The lowest BCUT2D eigenvalue weighted by Gasteiger charge is -2.38. The van der Waals surface area contributed by atoms with E-state index < -0.39 is 0 Å². The number of likely N-dealkylation sites (N-methyl/N-ethyl adjacent to an activating group) is 1. The van der Waals surface area contributed by atoms with Gasteiger partial charge >= 0.3 is 0 Å². The lowest BCUT2D eigenvalue weighted by atomic mass is 9.78. The van der Waals surface area contributed by atoms with E-state index in [1.165, 1.54) is 64.2 Å². The molecule has 0 spiro atoms. The zero-order valence-electron chi connectivity index (χ0n) is 37.3. The van der Waals surface area contributed by atoms with E-state index in [-0.39, 0.29) is 0 Å². The van der Waals surface area contributed by atoms with Crippen LogP contribution in [0.2, 0.25) is 0 Å². The van der Waals surface area contributed by atoms with Crippen molar-refractivity contribution >= 4 is 0 Å². The summed E-state index contributed by atoms with van der Waals surface area (Å²) in [6.07, 6.45) is 18.6. The summed E-state index contributed by atoms with van der Waals surface area (Å²) in [5.41, 5.74) is 3.32. The van der Waals surface area contributed by atoms with Gasteiger partial charge in [-0.15, -0.1) is 0 Å². The molecule has 3 heteroatoms. The van der Waals surface area contributed by atoms with Crippen LogP contribution in [0.15, 0.2) is 23.3 Å². The molecule has 3 aliphatic carbocycles. The molecule has 0 radical (unpaired) electrons. The van der Waals surface area contributed by atoms with Crippen molar-refractivity contribution in [3.63, 3.8) is 0 Å². The Kier molecular flexibility index (Phi) is 32.4. The summed E-state index contributed by atoms with van der Waals surface area (Å²) in [7, 11) is 6.80. The van der Waals surface area contributed by atoms with Crippen molar-refractivity contribution in [1.82, 2.24) is 14.7 Å². The number of hydrogen-bond acceptors (Lipinski definition) is 3. The molecule has 3 nitrogen and oxygen atoms in total. The van der Waals surface area contributed by atoms with E-state index in [0.29, 0.717) is 24.2 Å². The second-order valence-electron chi connectivity index (χ2n) is 15.8. The van der Waals surface area contributed by atoms with Crippen LogP contribution in [-0.2, 0) is 0 Å². The van der Waals surface area contributed by atoms with Gasteiger partial charge in [-0.05, 0) is 138 Å². The van der Waals surface area contributed by atoms with Crippen molar-refractivity contribution in [2.75, 3.05) is 21.1 Å². The van der Waals surface area contributed by atoms with Crippen LogP contribution in [0.3, 0.4) is 0 Å². The van der Waals surface area contributed by atoms with Crippen molar-refractivity contribution in [2.24, 2.45) is 23.7 Å². The second-order valence-corrected chi connectivity index (χ2v) is 15.8. The van der Waals surface area contributed by atoms with E-state index in [4.69, 9.17) is 0 Å². The fraction of sp³-hybridized carbons (Fsp3) is 0.911. The molecule has 4 atom stereocenters. The van der Waals surface area contributed by atoms with Crippen molar-refractivity contribution in [3.8, 4) is 0 Å². The fourth-order valence-electron chi connectivity index (χ4n) is 6.87. The van der Waals surface area contributed by atoms with Crippen molar-refractivity contribution in [1.29, 1.82) is 0 Å². The first-order chi connectivity index (χ1) is 22.6. The van der Waals surface area contributed by atoms with Crippen molar-refractivity contribution < 1.29 is 0 Å².